The zero-order valence-corrected chi connectivity index (χ0v) is 19.3. The number of likely N-dealkylation sites (tertiary alicyclic amines) is 1. The number of amides is 1. The number of hydrogen-bond acceptors (Lipinski definition) is 5. The van der Waals surface area contributed by atoms with Crippen molar-refractivity contribution in [1.29, 1.82) is 0 Å². The van der Waals surface area contributed by atoms with E-state index < -0.39 is 0 Å². The third-order valence-electron chi connectivity index (χ3n) is 6.55. The second-order valence-electron chi connectivity index (χ2n) is 9.05. The van der Waals surface area contributed by atoms with E-state index in [0.29, 0.717) is 24.0 Å². The average Bonchev–Trinajstić information content (AvgIpc) is 3.47. The highest BCUT2D eigenvalue weighted by Gasteiger charge is 2.33. The highest BCUT2D eigenvalue weighted by Crippen LogP contribution is 2.28. The number of hydrogen-bond donors (Lipinski definition) is 1. The van der Waals surface area contributed by atoms with Crippen LogP contribution in [0.1, 0.15) is 41.3 Å². The Kier molecular flexibility index (Phi) is 5.62. The molecular formula is C26H29N5O2. The van der Waals surface area contributed by atoms with Crippen LogP contribution in [-0.4, -0.2) is 44.5 Å². The minimum atomic E-state index is 0.0409. The maximum Gasteiger partial charge on any atom is 0.295 e. The van der Waals surface area contributed by atoms with Gasteiger partial charge in [0.15, 0.2) is 5.58 Å². The number of carbonyl (C=O) groups excluding carboxylic acids is 1. The fraction of sp³-hybridized carbons (Fsp3) is 0.346. The SMILES string of the molecule is Cc1ccc(-n2ccnc2)c(C(=O)N2CCCC(C)[C@H]2CNc2nc3cc(C)ccc3o2)c1. The Morgan fingerprint density at radius 2 is 2.00 bits per heavy atom. The Hall–Kier alpha value is -3.61. The highest BCUT2D eigenvalue weighted by molar-refractivity contribution is 5.98. The van der Waals surface area contributed by atoms with Crippen LogP contribution < -0.4 is 5.32 Å². The van der Waals surface area contributed by atoms with Gasteiger partial charge in [0.25, 0.3) is 11.9 Å². The van der Waals surface area contributed by atoms with Gasteiger partial charge in [-0.15, -0.1) is 0 Å². The fourth-order valence-electron chi connectivity index (χ4n) is 4.72. The van der Waals surface area contributed by atoms with Crippen LogP contribution in [0.15, 0.2) is 59.5 Å². The second kappa shape index (κ2) is 8.73. The number of imidazole rings is 1. The lowest BCUT2D eigenvalue weighted by atomic mass is 9.90. The molecule has 2 aromatic carbocycles. The molecule has 2 aromatic heterocycles. The number of piperidine rings is 1. The van der Waals surface area contributed by atoms with Gasteiger partial charge in [-0.3, -0.25) is 4.79 Å². The summed E-state index contributed by atoms with van der Waals surface area (Å²) >= 11 is 0. The van der Waals surface area contributed by atoms with Crippen molar-refractivity contribution in [3.63, 3.8) is 0 Å². The quantitative estimate of drug-likeness (QED) is 0.471. The smallest absolute Gasteiger partial charge is 0.295 e. The Bertz CT molecular complexity index is 1280. The molecule has 0 saturated carbocycles. The molecule has 1 fully saturated rings. The van der Waals surface area contributed by atoms with E-state index >= 15 is 0 Å². The van der Waals surface area contributed by atoms with Crippen molar-refractivity contribution in [3.8, 4) is 5.69 Å². The topological polar surface area (TPSA) is 76.2 Å². The summed E-state index contributed by atoms with van der Waals surface area (Å²) in [6, 6.07) is 12.5. The second-order valence-corrected chi connectivity index (χ2v) is 9.05. The van der Waals surface area contributed by atoms with Crippen LogP contribution in [0, 0.1) is 19.8 Å². The van der Waals surface area contributed by atoms with Crippen molar-refractivity contribution in [2.75, 3.05) is 18.4 Å². The summed E-state index contributed by atoms with van der Waals surface area (Å²) in [4.78, 5) is 24.6. The van der Waals surface area contributed by atoms with Crippen LogP contribution in [0.2, 0.25) is 0 Å². The van der Waals surface area contributed by atoms with Gasteiger partial charge >= 0.3 is 0 Å². The van der Waals surface area contributed by atoms with E-state index in [0.717, 1.165) is 47.3 Å². The van der Waals surface area contributed by atoms with Crippen molar-refractivity contribution >= 4 is 23.0 Å². The van der Waals surface area contributed by atoms with Gasteiger partial charge in [0.2, 0.25) is 0 Å². The van der Waals surface area contributed by atoms with Crippen molar-refractivity contribution in [3.05, 3.63) is 71.8 Å². The van der Waals surface area contributed by atoms with Gasteiger partial charge in [-0.25, -0.2) is 4.98 Å². The fourth-order valence-corrected chi connectivity index (χ4v) is 4.72. The lowest BCUT2D eigenvalue weighted by molar-refractivity contribution is 0.0539. The number of fused-ring (bicyclic) bond motifs is 1. The Morgan fingerprint density at radius 3 is 2.82 bits per heavy atom. The molecule has 3 heterocycles. The van der Waals surface area contributed by atoms with E-state index in [4.69, 9.17) is 4.42 Å². The number of aromatic nitrogens is 3. The van der Waals surface area contributed by atoms with E-state index in [9.17, 15) is 4.79 Å². The molecule has 0 radical (unpaired) electrons. The van der Waals surface area contributed by atoms with Crippen LogP contribution in [0.3, 0.4) is 0 Å². The van der Waals surface area contributed by atoms with Gasteiger partial charge < -0.3 is 19.2 Å². The summed E-state index contributed by atoms with van der Waals surface area (Å²) in [6.45, 7) is 7.60. The molecule has 4 aromatic rings. The molecular weight excluding hydrogens is 414 g/mol. The van der Waals surface area contributed by atoms with Gasteiger partial charge in [-0.1, -0.05) is 24.6 Å². The minimum Gasteiger partial charge on any atom is -0.424 e. The average molecular weight is 444 g/mol. The molecule has 2 atom stereocenters. The van der Waals surface area contributed by atoms with Crippen LogP contribution >= 0.6 is 0 Å². The number of nitrogens with zero attached hydrogens (tertiary/aromatic N) is 4. The molecule has 1 unspecified atom stereocenters. The molecule has 170 valence electrons. The maximum atomic E-state index is 13.8. The van der Waals surface area contributed by atoms with E-state index in [1.807, 2.05) is 65.9 Å². The molecule has 0 bridgehead atoms. The molecule has 1 saturated heterocycles. The van der Waals surface area contributed by atoms with Gasteiger partial charge in [0, 0.05) is 25.5 Å². The number of rotatable bonds is 5. The Morgan fingerprint density at radius 1 is 1.18 bits per heavy atom. The van der Waals surface area contributed by atoms with Crippen molar-refractivity contribution in [2.45, 2.75) is 39.7 Å². The first-order chi connectivity index (χ1) is 16.0. The van der Waals surface area contributed by atoms with Crippen LogP contribution in [0.25, 0.3) is 16.8 Å². The standard InChI is InChI=1S/C26H29N5O2/c1-17-6-8-22(30-12-10-27-16-30)20(13-17)25(32)31-11-4-5-19(3)23(31)15-28-26-29-21-14-18(2)7-9-24(21)33-26/h6-10,12-14,16,19,23H,4-5,11,15H2,1-3H3,(H,28,29)/t19?,23-/m1/s1. The summed E-state index contributed by atoms with van der Waals surface area (Å²) in [5.41, 5.74) is 5.35. The zero-order chi connectivity index (χ0) is 22.9. The minimum absolute atomic E-state index is 0.0409. The van der Waals surface area contributed by atoms with Crippen molar-refractivity contribution in [2.24, 2.45) is 5.92 Å². The summed E-state index contributed by atoms with van der Waals surface area (Å²) in [6.07, 6.45) is 7.41. The molecule has 0 aliphatic carbocycles. The Balaban J connectivity index is 1.40. The van der Waals surface area contributed by atoms with Gasteiger partial charge in [-0.2, -0.15) is 4.98 Å². The first-order valence-corrected chi connectivity index (χ1v) is 11.5. The normalized spacial score (nSPS) is 18.6. The lowest BCUT2D eigenvalue weighted by Gasteiger charge is -2.40. The monoisotopic (exact) mass is 443 g/mol. The summed E-state index contributed by atoms with van der Waals surface area (Å²) in [5.74, 6) is 0.414. The van der Waals surface area contributed by atoms with Crippen molar-refractivity contribution in [1.82, 2.24) is 19.4 Å². The zero-order valence-electron chi connectivity index (χ0n) is 19.3. The number of aryl methyl sites for hydroxylation is 2. The van der Waals surface area contributed by atoms with Gasteiger partial charge in [-0.05, 0) is 62.4 Å². The van der Waals surface area contributed by atoms with Crippen LogP contribution in [-0.2, 0) is 0 Å². The highest BCUT2D eigenvalue weighted by atomic mass is 16.4. The molecule has 5 rings (SSSR count). The largest absolute Gasteiger partial charge is 0.424 e. The number of oxazole rings is 1. The molecule has 1 N–H and O–H groups in total. The van der Waals surface area contributed by atoms with Crippen LogP contribution in [0.5, 0.6) is 0 Å². The van der Waals surface area contributed by atoms with Gasteiger partial charge in [0.05, 0.1) is 23.6 Å². The Labute approximate surface area is 193 Å². The summed E-state index contributed by atoms with van der Waals surface area (Å²) in [5, 5.41) is 3.36. The first kappa shape index (κ1) is 21.2. The third kappa shape index (κ3) is 4.23. The first-order valence-electron chi connectivity index (χ1n) is 11.5. The molecule has 33 heavy (non-hydrogen) atoms. The van der Waals surface area contributed by atoms with E-state index in [-0.39, 0.29) is 11.9 Å². The predicted octanol–water partition coefficient (Wildman–Crippen LogP) is 4.98. The number of nitrogens with one attached hydrogen (secondary N) is 1. The third-order valence-corrected chi connectivity index (χ3v) is 6.55. The molecule has 1 amide bonds. The molecule has 7 heteroatoms. The number of anilines is 1. The molecule has 7 nitrogen and oxygen atoms in total. The molecule has 1 aliphatic rings. The van der Waals surface area contributed by atoms with Crippen molar-refractivity contribution < 1.29 is 9.21 Å². The predicted molar refractivity (Wildman–Crippen MR) is 129 cm³/mol. The lowest BCUT2D eigenvalue weighted by Crippen LogP contribution is -2.51. The van der Waals surface area contributed by atoms with Gasteiger partial charge in [0.1, 0.15) is 5.52 Å². The maximum absolute atomic E-state index is 13.8. The molecule has 1 aliphatic heterocycles. The number of carbonyl (C=O) groups is 1. The number of benzene rings is 2. The van der Waals surface area contributed by atoms with E-state index in [1.165, 1.54) is 0 Å². The van der Waals surface area contributed by atoms with E-state index in [2.05, 4.69) is 22.2 Å². The van der Waals surface area contributed by atoms with Crippen LogP contribution in [0.4, 0.5) is 6.01 Å². The summed E-state index contributed by atoms with van der Waals surface area (Å²) in [7, 11) is 0. The molecule has 0 spiro atoms. The van der Waals surface area contributed by atoms with E-state index in [1.54, 1.807) is 12.5 Å². The summed E-state index contributed by atoms with van der Waals surface area (Å²) < 4.78 is 7.77.